The molecule has 0 aliphatic rings. The fraction of sp³-hybridized carbons (Fsp3) is 0.148. The largest absolute Gasteiger partial charge is 0.507 e. The van der Waals surface area contributed by atoms with Crippen LogP contribution in [0.25, 0.3) is 22.3 Å². The number of benzene rings is 3. The van der Waals surface area contributed by atoms with E-state index in [4.69, 9.17) is 19.6 Å². The number of primary amides is 1. The van der Waals surface area contributed by atoms with E-state index in [1.54, 1.807) is 48.5 Å². The lowest BCUT2D eigenvalue weighted by atomic mass is 9.86. The Morgan fingerprint density at radius 3 is 2.33 bits per heavy atom. The van der Waals surface area contributed by atoms with Gasteiger partial charge in [-0.1, -0.05) is 42.5 Å². The van der Waals surface area contributed by atoms with Gasteiger partial charge in [0.25, 0.3) is 5.91 Å². The second-order valence-corrected chi connectivity index (χ2v) is 8.03. The van der Waals surface area contributed by atoms with Gasteiger partial charge in [-0.25, -0.2) is 0 Å². The lowest BCUT2D eigenvalue weighted by Crippen LogP contribution is -2.20. The topological polar surface area (TPSA) is 149 Å². The molecule has 4 aromatic rings. The van der Waals surface area contributed by atoms with E-state index in [0.717, 1.165) is 6.07 Å². The lowest BCUT2D eigenvalue weighted by molar-refractivity contribution is -0.140. The van der Waals surface area contributed by atoms with Crippen molar-refractivity contribution in [2.24, 2.45) is 5.73 Å². The number of carbonyl (C=O) groups is 2. The summed E-state index contributed by atoms with van der Waals surface area (Å²) in [6.07, 6.45) is -0.204. The minimum Gasteiger partial charge on any atom is -0.507 e. The SMILES string of the molecule is COC(=O)CC(c1ccc(OCC(N)=O)cc1)c1c(O)cc(O)c2c(=O)cc(-c3ccccc3)oc12. The molecule has 1 unspecified atom stereocenters. The van der Waals surface area contributed by atoms with Crippen molar-refractivity contribution in [3.8, 4) is 28.6 Å². The number of rotatable bonds is 8. The van der Waals surface area contributed by atoms with E-state index in [2.05, 4.69) is 0 Å². The molecule has 3 aromatic carbocycles. The highest BCUT2D eigenvalue weighted by atomic mass is 16.5. The molecule has 0 aliphatic heterocycles. The van der Waals surface area contributed by atoms with Gasteiger partial charge in [0.05, 0.1) is 13.5 Å². The fourth-order valence-corrected chi connectivity index (χ4v) is 3.99. The third kappa shape index (κ3) is 5.00. The molecule has 4 N–H and O–H groups in total. The van der Waals surface area contributed by atoms with Gasteiger partial charge in [0.15, 0.2) is 12.0 Å². The number of fused-ring (bicyclic) bond motifs is 1. The molecule has 9 heteroatoms. The maximum absolute atomic E-state index is 13.0. The molecule has 0 fully saturated rings. The summed E-state index contributed by atoms with van der Waals surface area (Å²) in [6, 6.07) is 17.6. The summed E-state index contributed by atoms with van der Waals surface area (Å²) in [5.41, 5.74) is 5.85. The molecule has 0 spiro atoms. The van der Waals surface area contributed by atoms with Crippen LogP contribution in [0.15, 0.2) is 75.9 Å². The highest BCUT2D eigenvalue weighted by Gasteiger charge is 2.28. The van der Waals surface area contributed by atoms with E-state index in [1.165, 1.54) is 13.2 Å². The molecule has 0 radical (unpaired) electrons. The van der Waals surface area contributed by atoms with Gasteiger partial charge in [0.2, 0.25) is 0 Å². The van der Waals surface area contributed by atoms with Gasteiger partial charge in [0.1, 0.15) is 34.0 Å². The Bertz CT molecular complexity index is 1480. The van der Waals surface area contributed by atoms with Gasteiger partial charge >= 0.3 is 5.97 Å². The van der Waals surface area contributed by atoms with Crippen molar-refractivity contribution in [3.63, 3.8) is 0 Å². The normalized spacial score (nSPS) is 11.7. The molecule has 9 nitrogen and oxygen atoms in total. The number of carbonyl (C=O) groups excluding carboxylic acids is 2. The quantitative estimate of drug-likeness (QED) is 0.319. The van der Waals surface area contributed by atoms with Crippen molar-refractivity contribution in [1.29, 1.82) is 0 Å². The van der Waals surface area contributed by atoms with Crippen LogP contribution in [0.4, 0.5) is 0 Å². The fourth-order valence-electron chi connectivity index (χ4n) is 3.99. The first kappa shape index (κ1) is 24.3. The average Bonchev–Trinajstić information content (AvgIpc) is 2.87. The Labute approximate surface area is 205 Å². The lowest BCUT2D eigenvalue weighted by Gasteiger charge is -2.20. The molecular formula is C27H23NO8. The Morgan fingerprint density at radius 1 is 1.00 bits per heavy atom. The third-order valence-electron chi connectivity index (χ3n) is 5.67. The molecule has 36 heavy (non-hydrogen) atoms. The van der Waals surface area contributed by atoms with Gasteiger partial charge < -0.3 is 29.8 Å². The van der Waals surface area contributed by atoms with E-state index in [1.807, 2.05) is 6.07 Å². The van der Waals surface area contributed by atoms with Gasteiger partial charge in [0, 0.05) is 29.2 Å². The van der Waals surface area contributed by atoms with Crippen LogP contribution in [0.3, 0.4) is 0 Å². The summed E-state index contributed by atoms with van der Waals surface area (Å²) in [6.45, 7) is -0.304. The maximum atomic E-state index is 13.0. The summed E-state index contributed by atoms with van der Waals surface area (Å²) >= 11 is 0. The van der Waals surface area contributed by atoms with Crippen molar-refractivity contribution in [2.75, 3.05) is 13.7 Å². The number of phenols is 2. The zero-order valence-corrected chi connectivity index (χ0v) is 19.3. The highest BCUT2D eigenvalue weighted by Crippen LogP contribution is 2.43. The molecule has 1 aromatic heterocycles. The zero-order valence-electron chi connectivity index (χ0n) is 19.3. The number of amides is 1. The number of phenolic OH excluding ortho intramolecular Hbond substituents is 2. The van der Waals surface area contributed by atoms with E-state index in [0.29, 0.717) is 16.9 Å². The second-order valence-electron chi connectivity index (χ2n) is 8.03. The van der Waals surface area contributed by atoms with Crippen molar-refractivity contribution in [3.05, 3.63) is 88.1 Å². The Hall–Kier alpha value is -4.79. The molecule has 0 bridgehead atoms. The minimum atomic E-state index is -0.820. The van der Waals surface area contributed by atoms with Gasteiger partial charge in [-0.2, -0.15) is 0 Å². The van der Waals surface area contributed by atoms with Gasteiger partial charge in [-0.15, -0.1) is 0 Å². The standard InChI is InChI=1S/C27H23NO8/c1-34-24(33)11-18(15-7-9-17(10-8-15)35-14-23(28)32)25-19(29)12-20(30)26-21(31)13-22(36-27(25)26)16-5-3-2-4-6-16/h2-10,12-13,18,29-30H,11,14H2,1H3,(H2,28,32). The number of aromatic hydroxyl groups is 2. The van der Waals surface area contributed by atoms with Crippen LogP contribution >= 0.6 is 0 Å². The van der Waals surface area contributed by atoms with Crippen molar-refractivity contribution < 1.29 is 33.7 Å². The van der Waals surface area contributed by atoms with Gasteiger partial charge in [-0.05, 0) is 17.7 Å². The number of methoxy groups -OCH3 is 1. The maximum Gasteiger partial charge on any atom is 0.306 e. The average molecular weight is 489 g/mol. The first-order valence-electron chi connectivity index (χ1n) is 10.9. The monoisotopic (exact) mass is 489 g/mol. The van der Waals surface area contributed by atoms with E-state index >= 15 is 0 Å². The highest BCUT2D eigenvalue weighted by molar-refractivity contribution is 5.90. The molecule has 184 valence electrons. The molecule has 4 rings (SSSR count). The van der Waals surface area contributed by atoms with Gasteiger partial charge in [-0.3, -0.25) is 14.4 Å². The Balaban J connectivity index is 1.92. The molecular weight excluding hydrogens is 466 g/mol. The molecule has 1 amide bonds. The molecule has 0 saturated carbocycles. The van der Waals surface area contributed by atoms with Crippen LogP contribution in [0.2, 0.25) is 0 Å². The number of esters is 1. The van der Waals surface area contributed by atoms with E-state index < -0.39 is 29.0 Å². The predicted octanol–water partition coefficient (Wildman–Crippen LogP) is 3.43. The van der Waals surface area contributed by atoms with E-state index in [9.17, 15) is 24.6 Å². The predicted molar refractivity (Wildman–Crippen MR) is 131 cm³/mol. The first-order valence-corrected chi connectivity index (χ1v) is 10.9. The number of nitrogens with two attached hydrogens (primary N) is 1. The molecule has 0 saturated heterocycles. The van der Waals surface area contributed by atoms with Crippen LogP contribution < -0.4 is 15.9 Å². The number of hydrogen-bond donors (Lipinski definition) is 3. The summed E-state index contributed by atoms with van der Waals surface area (Å²) in [4.78, 5) is 36.4. The summed E-state index contributed by atoms with van der Waals surface area (Å²) in [7, 11) is 1.24. The summed E-state index contributed by atoms with van der Waals surface area (Å²) in [5, 5.41) is 21.3. The molecule has 1 atom stereocenters. The van der Waals surface area contributed by atoms with Crippen LogP contribution in [-0.4, -0.2) is 35.8 Å². The summed E-state index contributed by atoms with van der Waals surface area (Å²) < 4.78 is 16.2. The van der Waals surface area contributed by atoms with Crippen molar-refractivity contribution >= 4 is 22.8 Å². The minimum absolute atomic E-state index is 0.0539. The smallest absolute Gasteiger partial charge is 0.306 e. The summed E-state index contributed by atoms with van der Waals surface area (Å²) in [5.74, 6) is -2.25. The number of ether oxygens (including phenoxy) is 2. The molecule has 0 aliphatic carbocycles. The molecule has 1 heterocycles. The second kappa shape index (κ2) is 10.2. The Morgan fingerprint density at radius 2 is 1.69 bits per heavy atom. The van der Waals surface area contributed by atoms with Crippen LogP contribution in [0.1, 0.15) is 23.5 Å². The van der Waals surface area contributed by atoms with Crippen LogP contribution in [0, 0.1) is 0 Å². The number of hydrogen-bond acceptors (Lipinski definition) is 8. The van der Waals surface area contributed by atoms with Crippen LogP contribution in [-0.2, 0) is 14.3 Å². The third-order valence-corrected chi connectivity index (χ3v) is 5.67. The zero-order chi connectivity index (χ0) is 25.8. The van der Waals surface area contributed by atoms with E-state index in [-0.39, 0.29) is 41.1 Å². The Kier molecular flexibility index (Phi) is 6.91. The van der Waals surface area contributed by atoms with Crippen molar-refractivity contribution in [1.82, 2.24) is 0 Å². The first-order chi connectivity index (χ1) is 17.3. The van der Waals surface area contributed by atoms with Crippen molar-refractivity contribution in [2.45, 2.75) is 12.3 Å². The van der Waals surface area contributed by atoms with Crippen LogP contribution in [0.5, 0.6) is 17.2 Å².